The summed E-state index contributed by atoms with van der Waals surface area (Å²) in [5.74, 6) is -0.427. The largest absolute Gasteiger partial charge is 0.294 e. The Kier molecular flexibility index (Phi) is 15.4. The average Bonchev–Trinajstić information content (AvgIpc) is 2.47. The first-order valence-corrected chi connectivity index (χ1v) is 8.47. The lowest BCUT2D eigenvalue weighted by atomic mass is 10.0. The van der Waals surface area contributed by atoms with Crippen LogP contribution in [0.3, 0.4) is 0 Å². The van der Waals surface area contributed by atoms with Crippen molar-refractivity contribution in [1.82, 2.24) is 0 Å². The Hall–Kier alpha value is -0.920. The number of rotatable bonds is 15. The second-order valence-electron chi connectivity index (χ2n) is 5.60. The molecule has 0 rings (SSSR count). The zero-order valence-corrected chi connectivity index (χ0v) is 13.2. The molecule has 0 spiro atoms. The van der Waals surface area contributed by atoms with Gasteiger partial charge in [0.1, 0.15) is 0 Å². The Balaban J connectivity index is 3.08. The molecule has 0 fully saturated rings. The van der Waals surface area contributed by atoms with Gasteiger partial charge in [-0.3, -0.25) is 9.59 Å². The smallest absolute Gasteiger partial charge is 0.217 e. The maximum absolute atomic E-state index is 10.7. The van der Waals surface area contributed by atoms with Gasteiger partial charge in [-0.25, -0.2) is 0 Å². The Morgan fingerprint density at radius 3 is 1.65 bits per heavy atom. The monoisotopic (exact) mass is 280 g/mol. The molecule has 0 aromatic carbocycles. The molecule has 0 saturated carbocycles. The summed E-state index contributed by atoms with van der Waals surface area (Å²) in [5.41, 5.74) is 0. The van der Waals surface area contributed by atoms with Crippen molar-refractivity contribution >= 4 is 12.1 Å². The summed E-state index contributed by atoms with van der Waals surface area (Å²) >= 11 is 0. The van der Waals surface area contributed by atoms with E-state index in [0.717, 1.165) is 12.8 Å². The van der Waals surface area contributed by atoms with Gasteiger partial charge < -0.3 is 0 Å². The van der Waals surface area contributed by atoms with Gasteiger partial charge in [-0.05, 0) is 18.9 Å². The highest BCUT2D eigenvalue weighted by atomic mass is 16.2. The average molecular weight is 280 g/mol. The van der Waals surface area contributed by atoms with Gasteiger partial charge >= 0.3 is 0 Å². The van der Waals surface area contributed by atoms with Gasteiger partial charge in [0.25, 0.3) is 0 Å². The normalized spacial score (nSPS) is 11.1. The summed E-state index contributed by atoms with van der Waals surface area (Å²) in [5, 5.41) is 0. The van der Waals surface area contributed by atoms with E-state index in [-0.39, 0.29) is 0 Å². The Bertz CT molecular complexity index is 256. The van der Waals surface area contributed by atoms with Crippen LogP contribution in [0.4, 0.5) is 0 Å². The molecule has 0 saturated heterocycles. The highest BCUT2D eigenvalue weighted by Gasteiger charge is 1.93. The molecule has 0 aliphatic carbocycles. The van der Waals surface area contributed by atoms with Crippen molar-refractivity contribution in [3.05, 3.63) is 12.2 Å². The minimum absolute atomic E-state index is 0.360. The minimum Gasteiger partial charge on any atom is -0.294 e. The number of carbonyl (C=O) groups is 2. The first-order valence-electron chi connectivity index (χ1n) is 8.47. The van der Waals surface area contributed by atoms with Crippen molar-refractivity contribution in [1.29, 1.82) is 0 Å². The topological polar surface area (TPSA) is 34.1 Å². The molecular weight excluding hydrogens is 248 g/mol. The van der Waals surface area contributed by atoms with Crippen LogP contribution in [0.15, 0.2) is 12.2 Å². The number of unbranched alkanes of at least 4 members (excludes halogenated alkanes) is 12. The van der Waals surface area contributed by atoms with Crippen LogP contribution in [-0.4, -0.2) is 12.1 Å². The number of ketones is 1. The van der Waals surface area contributed by atoms with E-state index >= 15 is 0 Å². The summed E-state index contributed by atoms with van der Waals surface area (Å²) in [7, 11) is 0. The van der Waals surface area contributed by atoms with Crippen LogP contribution in [0, 0.1) is 0 Å². The van der Waals surface area contributed by atoms with Gasteiger partial charge in [0.05, 0.1) is 0 Å². The molecule has 20 heavy (non-hydrogen) atoms. The Morgan fingerprint density at radius 2 is 1.20 bits per heavy atom. The van der Waals surface area contributed by atoms with Crippen molar-refractivity contribution in [2.45, 2.75) is 90.4 Å². The maximum atomic E-state index is 10.7. The number of hydrogen-bond acceptors (Lipinski definition) is 2. The van der Waals surface area contributed by atoms with Crippen molar-refractivity contribution in [3.63, 3.8) is 0 Å². The third-order valence-corrected chi connectivity index (χ3v) is 3.62. The summed E-state index contributed by atoms with van der Waals surface area (Å²) in [6.07, 6.45) is 20.6. The molecule has 0 amide bonds. The first kappa shape index (κ1) is 19.1. The van der Waals surface area contributed by atoms with E-state index in [4.69, 9.17) is 0 Å². The van der Waals surface area contributed by atoms with Gasteiger partial charge in [0.15, 0.2) is 6.29 Å². The van der Waals surface area contributed by atoms with Gasteiger partial charge in [-0.1, -0.05) is 83.6 Å². The third kappa shape index (κ3) is 15.1. The second kappa shape index (κ2) is 16.1. The molecule has 0 heterocycles. The molecule has 2 nitrogen and oxygen atoms in total. The lowest BCUT2D eigenvalue weighted by Gasteiger charge is -2.02. The lowest BCUT2D eigenvalue weighted by molar-refractivity contribution is -0.126. The Morgan fingerprint density at radius 1 is 0.750 bits per heavy atom. The van der Waals surface area contributed by atoms with Crippen LogP contribution in [0.25, 0.3) is 0 Å². The number of carbonyl (C=O) groups excluding carboxylic acids is 2. The number of allylic oxidation sites excluding steroid dienone is 2. The maximum Gasteiger partial charge on any atom is 0.217 e. The number of hydrogen-bond donors (Lipinski definition) is 0. The standard InChI is InChI=1S/C18H32O2/c1-2-3-4-5-6-7-8-9-10-11-12-13-14-15-16-18(20)17-19/h15-17H,2-14H2,1H3. The van der Waals surface area contributed by atoms with Crippen LogP contribution in [0.2, 0.25) is 0 Å². The summed E-state index contributed by atoms with van der Waals surface area (Å²) < 4.78 is 0. The fourth-order valence-electron chi connectivity index (χ4n) is 2.34. The molecule has 0 aliphatic rings. The van der Waals surface area contributed by atoms with E-state index in [1.165, 1.54) is 76.7 Å². The highest BCUT2D eigenvalue weighted by molar-refractivity contribution is 6.30. The van der Waals surface area contributed by atoms with Crippen LogP contribution < -0.4 is 0 Å². The third-order valence-electron chi connectivity index (χ3n) is 3.62. The fraction of sp³-hybridized carbons (Fsp3) is 0.778. The van der Waals surface area contributed by atoms with E-state index in [9.17, 15) is 9.59 Å². The van der Waals surface area contributed by atoms with E-state index in [1.807, 2.05) is 6.08 Å². The van der Waals surface area contributed by atoms with Crippen molar-refractivity contribution in [3.8, 4) is 0 Å². The second-order valence-corrected chi connectivity index (χ2v) is 5.60. The van der Waals surface area contributed by atoms with E-state index in [0.29, 0.717) is 6.29 Å². The van der Waals surface area contributed by atoms with Gasteiger partial charge in [-0.2, -0.15) is 0 Å². The lowest BCUT2D eigenvalue weighted by Crippen LogP contribution is -1.91. The highest BCUT2D eigenvalue weighted by Crippen LogP contribution is 2.12. The summed E-state index contributed by atoms with van der Waals surface area (Å²) in [6, 6.07) is 0. The predicted octanol–water partition coefficient (Wildman–Crippen LogP) is 5.40. The quantitative estimate of drug-likeness (QED) is 0.174. The van der Waals surface area contributed by atoms with Crippen LogP contribution in [0.5, 0.6) is 0 Å². The fourth-order valence-corrected chi connectivity index (χ4v) is 2.34. The van der Waals surface area contributed by atoms with Crippen molar-refractivity contribution in [2.75, 3.05) is 0 Å². The van der Waals surface area contributed by atoms with E-state index < -0.39 is 5.78 Å². The predicted molar refractivity (Wildman–Crippen MR) is 85.9 cm³/mol. The molecule has 116 valence electrons. The van der Waals surface area contributed by atoms with Crippen LogP contribution in [0.1, 0.15) is 90.4 Å². The molecule has 0 unspecified atom stereocenters. The van der Waals surface area contributed by atoms with E-state index in [1.54, 1.807) is 0 Å². The molecular formula is C18H32O2. The van der Waals surface area contributed by atoms with E-state index in [2.05, 4.69) is 6.92 Å². The summed E-state index contributed by atoms with van der Waals surface area (Å²) in [6.45, 7) is 2.26. The molecule has 0 N–H and O–H groups in total. The van der Waals surface area contributed by atoms with Gasteiger partial charge in [0, 0.05) is 0 Å². The van der Waals surface area contributed by atoms with Gasteiger partial charge in [0.2, 0.25) is 5.78 Å². The zero-order valence-electron chi connectivity index (χ0n) is 13.2. The molecule has 2 heteroatoms. The summed E-state index contributed by atoms with van der Waals surface area (Å²) in [4.78, 5) is 20.7. The first-order chi connectivity index (χ1) is 9.81. The number of aldehydes is 1. The zero-order chi connectivity index (χ0) is 14.9. The Labute approximate surface area is 125 Å². The molecule has 0 atom stereocenters. The SMILES string of the molecule is CCCCCCCCCCCCCCC=CC(=O)C=O. The van der Waals surface area contributed by atoms with Crippen molar-refractivity contribution < 1.29 is 9.59 Å². The van der Waals surface area contributed by atoms with Gasteiger partial charge in [-0.15, -0.1) is 0 Å². The van der Waals surface area contributed by atoms with Crippen LogP contribution >= 0.6 is 0 Å². The molecule has 0 bridgehead atoms. The van der Waals surface area contributed by atoms with Crippen molar-refractivity contribution in [2.24, 2.45) is 0 Å². The molecule has 0 aliphatic heterocycles. The minimum atomic E-state index is -0.427. The molecule has 0 aromatic heterocycles. The molecule has 0 aromatic rings. The van der Waals surface area contributed by atoms with Crippen LogP contribution in [-0.2, 0) is 9.59 Å². The molecule has 0 radical (unpaired) electrons.